The summed E-state index contributed by atoms with van der Waals surface area (Å²) in [7, 11) is 0. The van der Waals surface area contributed by atoms with Gasteiger partial charge in [0.15, 0.2) is 0 Å². The van der Waals surface area contributed by atoms with Crippen molar-refractivity contribution in [3.63, 3.8) is 0 Å². The highest BCUT2D eigenvalue weighted by atomic mass is 16.5. The molecule has 0 aliphatic carbocycles. The minimum absolute atomic E-state index is 0.473. The molecule has 0 saturated heterocycles. The van der Waals surface area contributed by atoms with Crippen LogP contribution in [0.4, 0.5) is 0 Å². The van der Waals surface area contributed by atoms with E-state index in [2.05, 4.69) is 11.9 Å². The molecule has 0 aliphatic rings. The number of hydrogen-bond acceptors (Lipinski definition) is 3. The Morgan fingerprint density at radius 3 is 2.54 bits per heavy atom. The van der Waals surface area contributed by atoms with Gasteiger partial charge in [0.05, 0.1) is 0 Å². The van der Waals surface area contributed by atoms with Gasteiger partial charge >= 0.3 is 0 Å². The molecule has 0 aliphatic heterocycles. The van der Waals surface area contributed by atoms with E-state index in [-0.39, 0.29) is 0 Å². The van der Waals surface area contributed by atoms with Crippen LogP contribution >= 0.6 is 0 Å². The molecular formula is C21H21NO2. The van der Waals surface area contributed by atoms with Crippen LogP contribution in [0.2, 0.25) is 0 Å². The van der Waals surface area contributed by atoms with Crippen molar-refractivity contribution in [3.05, 3.63) is 95.3 Å². The topological polar surface area (TPSA) is 42.4 Å². The third-order valence-electron chi connectivity index (χ3n) is 4.02. The molecule has 1 atom stereocenters. The van der Waals surface area contributed by atoms with E-state index < -0.39 is 6.10 Å². The van der Waals surface area contributed by atoms with Gasteiger partial charge in [-0.25, -0.2) is 0 Å². The maximum Gasteiger partial charge on any atom is 0.126 e. The number of pyridine rings is 1. The molecule has 3 rings (SSSR count). The molecule has 1 aromatic heterocycles. The maximum atomic E-state index is 10.7. The van der Waals surface area contributed by atoms with Crippen molar-refractivity contribution in [2.75, 3.05) is 0 Å². The lowest BCUT2D eigenvalue weighted by molar-refractivity contribution is 0.208. The molecule has 0 radical (unpaired) electrons. The molecule has 2 aromatic carbocycles. The molecule has 122 valence electrons. The largest absolute Gasteiger partial charge is 0.488 e. The van der Waals surface area contributed by atoms with E-state index in [0.717, 1.165) is 28.9 Å². The first-order valence-electron chi connectivity index (χ1n) is 8.15. The first-order chi connectivity index (χ1) is 11.8. The Morgan fingerprint density at radius 1 is 1.00 bits per heavy atom. The minimum atomic E-state index is -0.754. The standard InChI is InChI=1S/C21H21NO2/c1-2-16-10-11-19(21(23)18-9-6-12-22-14-18)20(13-16)24-15-17-7-4-3-5-8-17/h3-14,21,23H,2,15H2,1H3. The summed E-state index contributed by atoms with van der Waals surface area (Å²) in [5.41, 5.74) is 3.80. The van der Waals surface area contributed by atoms with Crippen molar-refractivity contribution >= 4 is 0 Å². The molecule has 1 unspecified atom stereocenters. The van der Waals surface area contributed by atoms with Gasteiger partial charge < -0.3 is 9.84 Å². The van der Waals surface area contributed by atoms with E-state index in [4.69, 9.17) is 4.74 Å². The fourth-order valence-corrected chi connectivity index (χ4v) is 2.60. The van der Waals surface area contributed by atoms with Crippen molar-refractivity contribution in [2.24, 2.45) is 0 Å². The zero-order valence-electron chi connectivity index (χ0n) is 13.7. The molecule has 0 fully saturated rings. The SMILES string of the molecule is CCc1ccc(C(O)c2cccnc2)c(OCc2ccccc2)c1. The van der Waals surface area contributed by atoms with Crippen molar-refractivity contribution in [1.29, 1.82) is 0 Å². The molecule has 1 heterocycles. The van der Waals surface area contributed by atoms with Crippen molar-refractivity contribution in [2.45, 2.75) is 26.1 Å². The second kappa shape index (κ2) is 7.75. The van der Waals surface area contributed by atoms with Crippen LogP contribution in [-0.2, 0) is 13.0 Å². The van der Waals surface area contributed by atoms with Gasteiger partial charge in [-0.2, -0.15) is 0 Å². The van der Waals surface area contributed by atoms with Gasteiger partial charge in [0, 0.05) is 23.5 Å². The molecule has 0 bridgehead atoms. The van der Waals surface area contributed by atoms with Crippen LogP contribution in [0.25, 0.3) is 0 Å². The summed E-state index contributed by atoms with van der Waals surface area (Å²) < 4.78 is 6.03. The second-order valence-electron chi connectivity index (χ2n) is 5.69. The third kappa shape index (κ3) is 3.81. The Kier molecular flexibility index (Phi) is 5.24. The van der Waals surface area contributed by atoms with E-state index in [1.165, 1.54) is 5.56 Å². The average Bonchev–Trinajstić information content (AvgIpc) is 2.67. The lowest BCUT2D eigenvalue weighted by Crippen LogP contribution is -2.05. The lowest BCUT2D eigenvalue weighted by Gasteiger charge is -2.17. The minimum Gasteiger partial charge on any atom is -0.488 e. The summed E-state index contributed by atoms with van der Waals surface area (Å²) in [4.78, 5) is 4.09. The molecule has 0 amide bonds. The van der Waals surface area contributed by atoms with E-state index >= 15 is 0 Å². The van der Waals surface area contributed by atoms with Crippen molar-refractivity contribution < 1.29 is 9.84 Å². The number of aliphatic hydroxyl groups is 1. The third-order valence-corrected chi connectivity index (χ3v) is 4.02. The smallest absolute Gasteiger partial charge is 0.126 e. The van der Waals surface area contributed by atoms with E-state index in [9.17, 15) is 5.11 Å². The Morgan fingerprint density at radius 2 is 1.83 bits per heavy atom. The summed E-state index contributed by atoms with van der Waals surface area (Å²) in [6.07, 6.45) is 3.54. The number of rotatable bonds is 6. The highest BCUT2D eigenvalue weighted by Gasteiger charge is 2.16. The second-order valence-corrected chi connectivity index (χ2v) is 5.69. The molecule has 3 nitrogen and oxygen atoms in total. The quantitative estimate of drug-likeness (QED) is 0.736. The average molecular weight is 319 g/mol. The van der Waals surface area contributed by atoms with Crippen LogP contribution in [0.15, 0.2) is 73.1 Å². The van der Waals surface area contributed by atoms with Gasteiger partial charge in [0.25, 0.3) is 0 Å². The number of benzene rings is 2. The Balaban J connectivity index is 1.88. The predicted molar refractivity (Wildman–Crippen MR) is 94.9 cm³/mol. The van der Waals surface area contributed by atoms with Gasteiger partial charge in [-0.3, -0.25) is 4.98 Å². The van der Waals surface area contributed by atoms with Crippen LogP contribution in [-0.4, -0.2) is 10.1 Å². The van der Waals surface area contributed by atoms with E-state index in [1.807, 2.05) is 60.7 Å². The van der Waals surface area contributed by atoms with Crippen molar-refractivity contribution in [1.82, 2.24) is 4.98 Å². The van der Waals surface area contributed by atoms with Crippen LogP contribution in [0.5, 0.6) is 5.75 Å². The highest BCUT2D eigenvalue weighted by molar-refractivity contribution is 5.42. The summed E-state index contributed by atoms with van der Waals surface area (Å²) in [5.74, 6) is 0.717. The molecule has 0 saturated carbocycles. The summed E-state index contributed by atoms with van der Waals surface area (Å²) in [5, 5.41) is 10.7. The zero-order valence-corrected chi connectivity index (χ0v) is 13.7. The highest BCUT2D eigenvalue weighted by Crippen LogP contribution is 2.31. The number of nitrogens with zero attached hydrogens (tertiary/aromatic N) is 1. The van der Waals surface area contributed by atoms with E-state index in [0.29, 0.717) is 6.61 Å². The zero-order chi connectivity index (χ0) is 16.8. The van der Waals surface area contributed by atoms with Crippen LogP contribution < -0.4 is 4.74 Å². The van der Waals surface area contributed by atoms with Crippen LogP contribution in [0, 0.1) is 0 Å². The number of aromatic nitrogens is 1. The summed E-state index contributed by atoms with van der Waals surface area (Å²) >= 11 is 0. The predicted octanol–water partition coefficient (Wildman–Crippen LogP) is 4.30. The molecule has 3 heteroatoms. The monoisotopic (exact) mass is 319 g/mol. The van der Waals surface area contributed by atoms with Gasteiger partial charge in [0.2, 0.25) is 0 Å². The maximum absolute atomic E-state index is 10.7. The fraction of sp³-hybridized carbons (Fsp3) is 0.190. The number of ether oxygens (including phenoxy) is 1. The van der Waals surface area contributed by atoms with Gasteiger partial charge in [-0.05, 0) is 29.7 Å². The van der Waals surface area contributed by atoms with E-state index in [1.54, 1.807) is 12.4 Å². The first-order valence-corrected chi connectivity index (χ1v) is 8.15. The normalized spacial score (nSPS) is 11.9. The first kappa shape index (κ1) is 16.2. The lowest BCUT2D eigenvalue weighted by atomic mass is 10.00. The summed E-state index contributed by atoms with van der Waals surface area (Å²) in [6, 6.07) is 19.7. The van der Waals surface area contributed by atoms with Gasteiger partial charge in [-0.15, -0.1) is 0 Å². The molecule has 1 N–H and O–H groups in total. The molecule has 24 heavy (non-hydrogen) atoms. The number of hydrogen-bond donors (Lipinski definition) is 1. The fourth-order valence-electron chi connectivity index (χ4n) is 2.60. The number of aliphatic hydroxyl groups excluding tert-OH is 1. The Bertz CT molecular complexity index is 772. The molecule has 0 spiro atoms. The Hall–Kier alpha value is -2.65. The van der Waals surface area contributed by atoms with Gasteiger partial charge in [-0.1, -0.05) is 55.5 Å². The van der Waals surface area contributed by atoms with Crippen LogP contribution in [0.1, 0.15) is 35.3 Å². The number of aryl methyl sites for hydroxylation is 1. The Labute approximate surface area is 142 Å². The summed E-state index contributed by atoms with van der Waals surface area (Å²) in [6.45, 7) is 2.58. The molecule has 3 aromatic rings. The van der Waals surface area contributed by atoms with Crippen LogP contribution in [0.3, 0.4) is 0 Å². The molecular weight excluding hydrogens is 298 g/mol. The van der Waals surface area contributed by atoms with Crippen molar-refractivity contribution in [3.8, 4) is 5.75 Å². The van der Waals surface area contributed by atoms with Gasteiger partial charge in [0.1, 0.15) is 18.5 Å².